The highest BCUT2D eigenvalue weighted by atomic mass is 79.9. The lowest BCUT2D eigenvalue weighted by Gasteiger charge is -2.14. The molecule has 0 atom stereocenters. The molecule has 0 bridgehead atoms. The number of rotatable bonds is 1. The van der Waals surface area contributed by atoms with E-state index in [1.165, 1.54) is 0 Å². The fourth-order valence-electron chi connectivity index (χ4n) is 1.32. The summed E-state index contributed by atoms with van der Waals surface area (Å²) in [5.74, 6) is -0.306. The lowest BCUT2D eigenvalue weighted by atomic mass is 10.3. The molecule has 1 saturated heterocycles. The maximum absolute atomic E-state index is 11.4. The molecule has 3 amide bonds. The van der Waals surface area contributed by atoms with Crippen molar-refractivity contribution in [2.45, 2.75) is 0 Å². The van der Waals surface area contributed by atoms with Crippen LogP contribution in [0.1, 0.15) is 0 Å². The van der Waals surface area contributed by atoms with Gasteiger partial charge in [-0.3, -0.25) is 4.79 Å². The van der Waals surface area contributed by atoms with E-state index in [0.29, 0.717) is 10.7 Å². The predicted octanol–water partition coefficient (Wildman–Crippen LogP) is 2.16. The SMILES string of the molecule is O=C1CNC(=O)N1c1cc(Br)ccc1Cl. The van der Waals surface area contributed by atoms with E-state index in [1.807, 2.05) is 0 Å². The van der Waals surface area contributed by atoms with Gasteiger partial charge >= 0.3 is 6.03 Å². The Kier molecular flexibility index (Phi) is 2.67. The van der Waals surface area contributed by atoms with Gasteiger partial charge < -0.3 is 5.32 Å². The monoisotopic (exact) mass is 288 g/mol. The van der Waals surface area contributed by atoms with E-state index in [-0.39, 0.29) is 12.5 Å². The van der Waals surface area contributed by atoms with Gasteiger partial charge in [0.15, 0.2) is 0 Å². The number of hydrogen-bond donors (Lipinski definition) is 1. The van der Waals surface area contributed by atoms with Crippen molar-refractivity contribution >= 4 is 45.2 Å². The Labute approximate surface area is 99.3 Å². The van der Waals surface area contributed by atoms with Crippen molar-refractivity contribution in [1.82, 2.24) is 5.32 Å². The van der Waals surface area contributed by atoms with Gasteiger partial charge in [0.1, 0.15) is 0 Å². The van der Waals surface area contributed by atoms with Gasteiger partial charge in [0.25, 0.3) is 5.91 Å². The number of nitrogens with zero attached hydrogens (tertiary/aromatic N) is 1. The molecule has 1 aromatic rings. The minimum atomic E-state index is -0.444. The number of urea groups is 1. The van der Waals surface area contributed by atoms with Crippen molar-refractivity contribution < 1.29 is 9.59 Å². The summed E-state index contributed by atoms with van der Waals surface area (Å²) in [4.78, 5) is 23.8. The number of carbonyl (C=O) groups is 2. The van der Waals surface area contributed by atoms with Crippen LogP contribution in [0.5, 0.6) is 0 Å². The maximum Gasteiger partial charge on any atom is 0.329 e. The Morgan fingerprint density at radius 1 is 1.40 bits per heavy atom. The van der Waals surface area contributed by atoms with Crippen molar-refractivity contribution in [2.75, 3.05) is 11.4 Å². The lowest BCUT2D eigenvalue weighted by Crippen LogP contribution is -2.30. The number of anilines is 1. The highest BCUT2D eigenvalue weighted by molar-refractivity contribution is 9.10. The molecule has 1 aromatic carbocycles. The van der Waals surface area contributed by atoms with Crippen LogP contribution in [0.3, 0.4) is 0 Å². The van der Waals surface area contributed by atoms with Gasteiger partial charge in [-0.1, -0.05) is 27.5 Å². The van der Waals surface area contributed by atoms with Crippen LogP contribution in [-0.2, 0) is 4.79 Å². The van der Waals surface area contributed by atoms with Crippen LogP contribution >= 0.6 is 27.5 Å². The molecular formula is C9H6BrClN2O2. The summed E-state index contributed by atoms with van der Waals surface area (Å²) >= 11 is 9.17. The van der Waals surface area contributed by atoms with Crippen LogP contribution in [0.2, 0.25) is 5.02 Å². The molecule has 0 saturated carbocycles. The zero-order chi connectivity index (χ0) is 11.0. The number of halogens is 2. The minimum Gasteiger partial charge on any atom is -0.328 e. The molecule has 0 aliphatic carbocycles. The van der Waals surface area contributed by atoms with E-state index in [0.717, 1.165) is 9.37 Å². The Morgan fingerprint density at radius 3 is 2.73 bits per heavy atom. The molecule has 0 aromatic heterocycles. The molecular weight excluding hydrogens is 283 g/mol. The van der Waals surface area contributed by atoms with Crippen LogP contribution in [0, 0.1) is 0 Å². The maximum atomic E-state index is 11.4. The van der Waals surface area contributed by atoms with Gasteiger partial charge in [0.2, 0.25) is 0 Å². The summed E-state index contributed by atoms with van der Waals surface area (Å²) < 4.78 is 0.759. The van der Waals surface area contributed by atoms with Gasteiger partial charge in [0.05, 0.1) is 17.3 Å². The number of amides is 3. The smallest absolute Gasteiger partial charge is 0.328 e. The first-order valence-electron chi connectivity index (χ1n) is 4.15. The van der Waals surface area contributed by atoms with Gasteiger partial charge in [-0.15, -0.1) is 0 Å². The third-order valence-electron chi connectivity index (χ3n) is 1.99. The quantitative estimate of drug-likeness (QED) is 0.806. The second-order valence-corrected chi connectivity index (χ2v) is 4.31. The Morgan fingerprint density at radius 2 is 2.13 bits per heavy atom. The number of hydrogen-bond acceptors (Lipinski definition) is 2. The van der Waals surface area contributed by atoms with Gasteiger partial charge in [-0.2, -0.15) is 0 Å². The molecule has 1 heterocycles. The van der Waals surface area contributed by atoms with Gasteiger partial charge in [-0.05, 0) is 18.2 Å². The van der Waals surface area contributed by atoms with Crippen LogP contribution < -0.4 is 10.2 Å². The summed E-state index contributed by atoms with van der Waals surface area (Å²) in [5, 5.41) is 2.79. The second-order valence-electron chi connectivity index (χ2n) is 2.98. The number of benzene rings is 1. The summed E-state index contributed by atoms with van der Waals surface area (Å²) in [6.45, 7) is 0.0156. The third kappa shape index (κ3) is 1.85. The Hall–Kier alpha value is -1.07. The highest BCUT2D eigenvalue weighted by Crippen LogP contribution is 2.30. The molecule has 1 aliphatic rings. The van der Waals surface area contributed by atoms with E-state index < -0.39 is 6.03 Å². The average Bonchev–Trinajstić information content (AvgIpc) is 2.51. The van der Waals surface area contributed by atoms with E-state index >= 15 is 0 Å². The van der Waals surface area contributed by atoms with Crippen molar-refractivity contribution in [1.29, 1.82) is 0 Å². The first-order valence-corrected chi connectivity index (χ1v) is 5.32. The van der Waals surface area contributed by atoms with Crippen LogP contribution in [0.15, 0.2) is 22.7 Å². The molecule has 6 heteroatoms. The van der Waals surface area contributed by atoms with Crippen molar-refractivity contribution in [3.63, 3.8) is 0 Å². The molecule has 2 rings (SSSR count). The minimum absolute atomic E-state index is 0.0156. The molecule has 0 spiro atoms. The standard InChI is InChI=1S/C9H6BrClN2O2/c10-5-1-2-6(11)7(3-5)13-8(14)4-12-9(13)15/h1-3H,4H2,(H,12,15). The summed E-state index contributed by atoms with van der Waals surface area (Å²) in [5.41, 5.74) is 0.394. The molecule has 4 nitrogen and oxygen atoms in total. The first-order chi connectivity index (χ1) is 7.09. The van der Waals surface area contributed by atoms with E-state index in [2.05, 4.69) is 21.2 Å². The van der Waals surface area contributed by atoms with E-state index in [4.69, 9.17) is 11.6 Å². The largest absolute Gasteiger partial charge is 0.329 e. The molecule has 1 N–H and O–H groups in total. The van der Waals surface area contributed by atoms with Crippen molar-refractivity contribution in [3.05, 3.63) is 27.7 Å². The van der Waals surface area contributed by atoms with Crippen molar-refractivity contribution in [2.24, 2.45) is 0 Å². The van der Waals surface area contributed by atoms with Crippen LogP contribution in [-0.4, -0.2) is 18.5 Å². The molecule has 1 fully saturated rings. The normalized spacial score (nSPS) is 15.7. The summed E-state index contributed by atoms with van der Waals surface area (Å²) in [6, 6.07) is 4.55. The number of carbonyl (C=O) groups excluding carboxylic acids is 2. The summed E-state index contributed by atoms with van der Waals surface area (Å²) in [6.07, 6.45) is 0. The van der Waals surface area contributed by atoms with Crippen LogP contribution in [0.25, 0.3) is 0 Å². The topological polar surface area (TPSA) is 49.4 Å². The average molecular weight is 290 g/mol. The zero-order valence-corrected chi connectivity index (χ0v) is 9.80. The Bertz CT molecular complexity index is 434. The molecule has 0 radical (unpaired) electrons. The molecule has 78 valence electrons. The lowest BCUT2D eigenvalue weighted by molar-refractivity contribution is -0.115. The summed E-state index contributed by atoms with van der Waals surface area (Å²) in [7, 11) is 0. The van der Waals surface area contributed by atoms with Crippen molar-refractivity contribution in [3.8, 4) is 0 Å². The van der Waals surface area contributed by atoms with Gasteiger partial charge in [-0.25, -0.2) is 9.69 Å². The fraction of sp³-hybridized carbons (Fsp3) is 0.111. The third-order valence-corrected chi connectivity index (χ3v) is 2.81. The molecule has 15 heavy (non-hydrogen) atoms. The zero-order valence-electron chi connectivity index (χ0n) is 7.46. The molecule has 0 unspecified atom stereocenters. The second kappa shape index (κ2) is 3.83. The molecule has 1 aliphatic heterocycles. The number of imide groups is 1. The first kappa shape index (κ1) is 10.4. The van der Waals surface area contributed by atoms with Crippen LogP contribution in [0.4, 0.5) is 10.5 Å². The number of nitrogens with one attached hydrogen (secondary N) is 1. The Balaban J connectivity index is 2.48. The van der Waals surface area contributed by atoms with E-state index in [1.54, 1.807) is 18.2 Å². The van der Waals surface area contributed by atoms with Gasteiger partial charge in [0, 0.05) is 4.47 Å². The fourth-order valence-corrected chi connectivity index (χ4v) is 1.87. The van der Waals surface area contributed by atoms with E-state index in [9.17, 15) is 9.59 Å². The highest BCUT2D eigenvalue weighted by Gasteiger charge is 2.31. The predicted molar refractivity (Wildman–Crippen MR) is 60.0 cm³/mol.